The van der Waals surface area contributed by atoms with Crippen LogP contribution >= 0.6 is 0 Å². The van der Waals surface area contributed by atoms with Gasteiger partial charge in [-0.25, -0.2) is 0 Å². The Labute approximate surface area is 192 Å². The minimum atomic E-state index is -0.0919. The van der Waals surface area contributed by atoms with E-state index in [1.165, 1.54) is 30.4 Å². The molecule has 0 amide bonds. The summed E-state index contributed by atoms with van der Waals surface area (Å²) in [7, 11) is 0. The third-order valence-corrected chi connectivity index (χ3v) is 6.03. The van der Waals surface area contributed by atoms with E-state index in [0.717, 1.165) is 18.6 Å². The maximum atomic E-state index is 12.1. The Kier molecular flexibility index (Phi) is 10.6. The molecule has 2 aromatic rings. The first-order valence-electron chi connectivity index (χ1n) is 11.8. The summed E-state index contributed by atoms with van der Waals surface area (Å²) in [5.74, 6) is 1.21. The van der Waals surface area contributed by atoms with Crippen LogP contribution in [0.25, 0.3) is 11.1 Å². The lowest BCUT2D eigenvalue weighted by Crippen LogP contribution is -2.26. The minimum Gasteiger partial charge on any atom is -0.491 e. The van der Waals surface area contributed by atoms with Gasteiger partial charge in [0.2, 0.25) is 0 Å². The predicted molar refractivity (Wildman–Crippen MR) is 126 cm³/mol. The van der Waals surface area contributed by atoms with Gasteiger partial charge >= 0.3 is 5.97 Å². The molecule has 0 saturated heterocycles. The molecule has 0 bridgehead atoms. The highest BCUT2D eigenvalue weighted by Gasteiger charge is 2.26. The van der Waals surface area contributed by atoms with Gasteiger partial charge in [-0.05, 0) is 42.0 Å². The highest BCUT2D eigenvalue weighted by atomic mass is 16.6. The zero-order valence-corrected chi connectivity index (χ0v) is 19.2. The lowest BCUT2D eigenvalue weighted by molar-refractivity contribution is -0.152. The molecule has 0 spiro atoms. The van der Waals surface area contributed by atoms with E-state index < -0.39 is 0 Å². The molecule has 1 aliphatic rings. The molecular weight excluding hydrogens is 404 g/mol. The molecule has 174 valence electrons. The largest absolute Gasteiger partial charge is 0.491 e. The van der Waals surface area contributed by atoms with Crippen LogP contribution in [-0.4, -0.2) is 45.6 Å². The molecule has 2 aromatic carbocycles. The van der Waals surface area contributed by atoms with E-state index in [0.29, 0.717) is 45.6 Å². The van der Waals surface area contributed by atoms with Crippen molar-refractivity contribution < 1.29 is 23.7 Å². The summed E-state index contributed by atoms with van der Waals surface area (Å²) in [6.07, 6.45) is 6.05. The zero-order valence-electron chi connectivity index (χ0n) is 19.2. The number of carbonyl (C=O) groups is 1. The van der Waals surface area contributed by atoms with Crippen LogP contribution in [-0.2, 0) is 19.0 Å². The normalized spacial score (nSPS) is 15.3. The van der Waals surface area contributed by atoms with Crippen molar-refractivity contribution in [2.24, 2.45) is 11.8 Å². The molecule has 0 N–H and O–H groups in total. The molecule has 0 aromatic heterocycles. The maximum absolute atomic E-state index is 12.1. The van der Waals surface area contributed by atoms with Crippen LogP contribution in [0, 0.1) is 11.8 Å². The van der Waals surface area contributed by atoms with Crippen molar-refractivity contribution >= 4 is 5.97 Å². The fraction of sp³-hybridized carbons (Fsp3) is 0.519. The summed E-state index contributed by atoms with van der Waals surface area (Å²) in [6.45, 7) is 4.64. The second kappa shape index (κ2) is 13.9. The van der Waals surface area contributed by atoms with E-state index in [1.807, 2.05) is 37.3 Å². The molecule has 1 fully saturated rings. The van der Waals surface area contributed by atoms with E-state index in [2.05, 4.69) is 24.3 Å². The molecule has 0 radical (unpaired) electrons. The van der Waals surface area contributed by atoms with Crippen LogP contribution in [0.2, 0.25) is 0 Å². The predicted octanol–water partition coefficient (Wildman–Crippen LogP) is 5.53. The van der Waals surface area contributed by atoms with Gasteiger partial charge < -0.3 is 18.9 Å². The second-order valence-electron chi connectivity index (χ2n) is 8.32. The number of carbonyl (C=O) groups excluding carboxylic acids is 1. The van der Waals surface area contributed by atoms with Gasteiger partial charge in [0.15, 0.2) is 0 Å². The first-order valence-corrected chi connectivity index (χ1v) is 11.8. The fourth-order valence-electron chi connectivity index (χ4n) is 4.07. The van der Waals surface area contributed by atoms with Crippen molar-refractivity contribution in [3.63, 3.8) is 0 Å². The van der Waals surface area contributed by atoms with E-state index >= 15 is 0 Å². The Morgan fingerprint density at radius 2 is 1.38 bits per heavy atom. The lowest BCUT2D eigenvalue weighted by Gasteiger charge is -2.26. The first-order chi connectivity index (χ1) is 15.7. The van der Waals surface area contributed by atoms with Crippen LogP contribution in [0.1, 0.15) is 39.0 Å². The number of benzene rings is 2. The van der Waals surface area contributed by atoms with Gasteiger partial charge in [0.25, 0.3) is 0 Å². The summed E-state index contributed by atoms with van der Waals surface area (Å²) in [5, 5.41) is 0. The van der Waals surface area contributed by atoms with Gasteiger partial charge in [-0.1, -0.05) is 68.7 Å². The van der Waals surface area contributed by atoms with E-state index in [4.69, 9.17) is 18.9 Å². The molecule has 32 heavy (non-hydrogen) atoms. The van der Waals surface area contributed by atoms with Crippen molar-refractivity contribution in [3.05, 3.63) is 54.6 Å². The number of rotatable bonds is 13. The number of ether oxygens (including phenoxy) is 4. The van der Waals surface area contributed by atoms with Crippen LogP contribution in [0.15, 0.2) is 54.6 Å². The molecule has 1 aliphatic carbocycles. The monoisotopic (exact) mass is 440 g/mol. The summed E-state index contributed by atoms with van der Waals surface area (Å²) in [6, 6.07) is 18.3. The molecule has 5 heteroatoms. The topological polar surface area (TPSA) is 54.0 Å². The Morgan fingerprint density at radius 1 is 0.781 bits per heavy atom. The first kappa shape index (κ1) is 24.3. The molecule has 0 aliphatic heterocycles. The third-order valence-electron chi connectivity index (χ3n) is 6.03. The molecule has 5 nitrogen and oxygen atoms in total. The van der Waals surface area contributed by atoms with Crippen LogP contribution in [0.3, 0.4) is 0 Å². The lowest BCUT2D eigenvalue weighted by atomic mass is 9.81. The van der Waals surface area contributed by atoms with Gasteiger partial charge in [-0.2, -0.15) is 0 Å². The van der Waals surface area contributed by atoms with E-state index in [1.54, 1.807) is 0 Å². The molecular formula is C27H36O5. The fourth-order valence-corrected chi connectivity index (χ4v) is 4.07. The smallest absolute Gasteiger partial charge is 0.309 e. The minimum absolute atomic E-state index is 0.00632. The summed E-state index contributed by atoms with van der Waals surface area (Å²) >= 11 is 0. The average Bonchev–Trinajstić information content (AvgIpc) is 2.86. The number of esters is 1. The van der Waals surface area contributed by atoms with Gasteiger partial charge in [0.1, 0.15) is 19.0 Å². The molecule has 1 unspecified atom stereocenters. The van der Waals surface area contributed by atoms with E-state index in [9.17, 15) is 4.79 Å². The Bertz CT molecular complexity index is 768. The highest BCUT2D eigenvalue weighted by molar-refractivity contribution is 5.72. The van der Waals surface area contributed by atoms with Crippen molar-refractivity contribution in [1.29, 1.82) is 0 Å². The number of hydrogen-bond acceptors (Lipinski definition) is 5. The Balaban J connectivity index is 1.16. The van der Waals surface area contributed by atoms with Gasteiger partial charge in [-0.3, -0.25) is 4.79 Å². The SMILES string of the molecule is CC(C(=O)OCCOCCOCCOc1ccc(-c2ccccc2)cc1)C1CCCCC1. The standard InChI is InChI=1S/C27H36O5/c1-22(23-8-4-2-5-9-23)27(28)32-21-19-30-17-16-29-18-20-31-26-14-12-25(13-15-26)24-10-6-3-7-11-24/h3,6-7,10-15,22-23H,2,4-5,8-9,16-21H2,1H3. The maximum Gasteiger partial charge on any atom is 0.309 e. The quantitative estimate of drug-likeness (QED) is 0.303. The van der Waals surface area contributed by atoms with Crippen LogP contribution in [0.5, 0.6) is 5.75 Å². The third kappa shape index (κ3) is 8.29. The van der Waals surface area contributed by atoms with E-state index in [-0.39, 0.29) is 11.9 Å². The van der Waals surface area contributed by atoms with Crippen molar-refractivity contribution in [2.75, 3.05) is 39.6 Å². The zero-order chi connectivity index (χ0) is 22.4. The van der Waals surface area contributed by atoms with Crippen molar-refractivity contribution in [1.82, 2.24) is 0 Å². The van der Waals surface area contributed by atoms with Crippen LogP contribution < -0.4 is 4.74 Å². The van der Waals surface area contributed by atoms with Crippen molar-refractivity contribution in [2.45, 2.75) is 39.0 Å². The molecule has 1 saturated carbocycles. The number of hydrogen-bond donors (Lipinski definition) is 0. The average molecular weight is 441 g/mol. The summed E-state index contributed by atoms with van der Waals surface area (Å²) in [5.41, 5.74) is 2.36. The van der Waals surface area contributed by atoms with Crippen LogP contribution in [0.4, 0.5) is 0 Å². The summed E-state index contributed by atoms with van der Waals surface area (Å²) in [4.78, 5) is 12.1. The van der Waals surface area contributed by atoms with Gasteiger partial charge in [0.05, 0.1) is 32.3 Å². The summed E-state index contributed by atoms with van der Waals surface area (Å²) < 4.78 is 22.1. The Hall–Kier alpha value is -2.37. The van der Waals surface area contributed by atoms with Gasteiger partial charge in [-0.15, -0.1) is 0 Å². The van der Waals surface area contributed by atoms with Crippen molar-refractivity contribution in [3.8, 4) is 16.9 Å². The Morgan fingerprint density at radius 3 is 2.06 bits per heavy atom. The molecule has 0 heterocycles. The second-order valence-corrected chi connectivity index (χ2v) is 8.32. The van der Waals surface area contributed by atoms with Gasteiger partial charge in [0, 0.05) is 0 Å². The molecule has 1 atom stereocenters. The highest BCUT2D eigenvalue weighted by Crippen LogP contribution is 2.30. The molecule has 3 rings (SSSR count).